The minimum Gasteiger partial charge on any atom is -0.456 e. The van der Waals surface area contributed by atoms with Crippen LogP contribution in [0.4, 0.5) is 0 Å². The van der Waals surface area contributed by atoms with Crippen molar-refractivity contribution >= 4 is 54.6 Å². The number of benzene rings is 7. The molecule has 5 nitrogen and oxygen atoms in total. The maximum absolute atomic E-state index is 6.52. The SMILES string of the molecule is c1ccc(-c2nc(-c3ccc4oc5ccccc5c4c3)nc(-c3cccc4oc5cc(-c6cccc7ccccc67)ccc5c34)n2)cc1. The van der Waals surface area contributed by atoms with Gasteiger partial charge in [-0.1, -0.05) is 109 Å². The van der Waals surface area contributed by atoms with Crippen molar-refractivity contribution in [3.63, 3.8) is 0 Å². The molecule has 0 atom stereocenters. The number of hydrogen-bond acceptors (Lipinski definition) is 5. The number of hydrogen-bond donors (Lipinski definition) is 0. The average Bonchev–Trinajstić information content (AvgIpc) is 3.72. The van der Waals surface area contributed by atoms with Crippen LogP contribution in [0.1, 0.15) is 0 Å². The minimum atomic E-state index is 0.586. The van der Waals surface area contributed by atoms with Crippen LogP contribution in [0.2, 0.25) is 0 Å². The van der Waals surface area contributed by atoms with E-state index in [4.69, 9.17) is 23.8 Å². The lowest BCUT2D eigenvalue weighted by Gasteiger charge is -2.09. The number of para-hydroxylation sites is 1. The van der Waals surface area contributed by atoms with Gasteiger partial charge in [0.2, 0.25) is 0 Å². The summed E-state index contributed by atoms with van der Waals surface area (Å²) in [6.45, 7) is 0. The molecule has 0 spiro atoms. The van der Waals surface area contributed by atoms with Crippen molar-refractivity contribution in [3.05, 3.63) is 152 Å². The zero-order valence-electron chi connectivity index (χ0n) is 25.6. The molecule has 10 rings (SSSR count). The molecule has 48 heavy (non-hydrogen) atoms. The highest BCUT2D eigenvalue weighted by atomic mass is 16.3. The average molecular weight is 616 g/mol. The summed E-state index contributed by atoms with van der Waals surface area (Å²) in [5.74, 6) is 1.78. The minimum absolute atomic E-state index is 0.586. The molecule has 0 aliphatic heterocycles. The first-order chi connectivity index (χ1) is 23.8. The fourth-order valence-electron chi connectivity index (χ4n) is 6.86. The van der Waals surface area contributed by atoms with E-state index in [2.05, 4.69) is 78.9 Å². The van der Waals surface area contributed by atoms with Gasteiger partial charge in [-0.25, -0.2) is 15.0 Å². The fourth-order valence-corrected chi connectivity index (χ4v) is 6.86. The summed E-state index contributed by atoms with van der Waals surface area (Å²) in [4.78, 5) is 15.2. The monoisotopic (exact) mass is 615 g/mol. The molecule has 0 N–H and O–H groups in total. The van der Waals surface area contributed by atoms with E-state index in [1.807, 2.05) is 72.8 Å². The first-order valence-electron chi connectivity index (χ1n) is 15.9. The predicted octanol–water partition coefficient (Wildman–Crippen LogP) is 11.5. The molecule has 5 heteroatoms. The van der Waals surface area contributed by atoms with Gasteiger partial charge >= 0.3 is 0 Å². The summed E-state index contributed by atoms with van der Waals surface area (Å²) in [5.41, 5.74) is 8.26. The highest BCUT2D eigenvalue weighted by Gasteiger charge is 2.19. The van der Waals surface area contributed by atoms with Gasteiger partial charge in [0.25, 0.3) is 0 Å². The van der Waals surface area contributed by atoms with Crippen molar-refractivity contribution in [3.8, 4) is 45.3 Å². The molecule has 224 valence electrons. The van der Waals surface area contributed by atoms with Crippen LogP contribution in [-0.4, -0.2) is 15.0 Å². The number of nitrogens with zero attached hydrogens (tertiary/aromatic N) is 3. The van der Waals surface area contributed by atoms with Crippen molar-refractivity contribution in [2.75, 3.05) is 0 Å². The van der Waals surface area contributed by atoms with Crippen molar-refractivity contribution in [2.24, 2.45) is 0 Å². The number of aromatic nitrogens is 3. The van der Waals surface area contributed by atoms with Crippen LogP contribution in [0.3, 0.4) is 0 Å². The van der Waals surface area contributed by atoms with Crippen LogP contribution in [0.25, 0.3) is 99.9 Å². The van der Waals surface area contributed by atoms with Gasteiger partial charge in [-0.3, -0.25) is 0 Å². The van der Waals surface area contributed by atoms with Crippen molar-refractivity contribution in [1.29, 1.82) is 0 Å². The van der Waals surface area contributed by atoms with Crippen LogP contribution in [0, 0.1) is 0 Å². The normalized spacial score (nSPS) is 11.8. The maximum Gasteiger partial charge on any atom is 0.164 e. The molecule has 0 bridgehead atoms. The van der Waals surface area contributed by atoms with Crippen LogP contribution >= 0.6 is 0 Å². The summed E-state index contributed by atoms with van der Waals surface area (Å²) < 4.78 is 12.6. The van der Waals surface area contributed by atoms with E-state index in [1.165, 1.54) is 16.3 Å². The first kappa shape index (κ1) is 26.6. The Labute approximate surface area is 274 Å². The number of furan rings is 2. The molecule has 0 radical (unpaired) electrons. The third kappa shape index (κ3) is 4.22. The van der Waals surface area contributed by atoms with Crippen LogP contribution < -0.4 is 0 Å². The molecule has 0 aliphatic carbocycles. The van der Waals surface area contributed by atoms with E-state index < -0.39 is 0 Å². The Hall–Kier alpha value is -6.59. The van der Waals surface area contributed by atoms with Crippen LogP contribution in [0.5, 0.6) is 0 Å². The lowest BCUT2D eigenvalue weighted by Crippen LogP contribution is -2.00. The number of fused-ring (bicyclic) bond motifs is 7. The number of rotatable bonds is 4. The van der Waals surface area contributed by atoms with Crippen molar-refractivity contribution < 1.29 is 8.83 Å². The Morgan fingerprint density at radius 3 is 1.90 bits per heavy atom. The van der Waals surface area contributed by atoms with E-state index in [1.54, 1.807) is 0 Å². The lowest BCUT2D eigenvalue weighted by molar-refractivity contribution is 0.668. The van der Waals surface area contributed by atoms with E-state index >= 15 is 0 Å². The first-order valence-corrected chi connectivity index (χ1v) is 15.9. The van der Waals surface area contributed by atoms with Gasteiger partial charge in [-0.2, -0.15) is 0 Å². The molecule has 0 fully saturated rings. The predicted molar refractivity (Wildman–Crippen MR) is 194 cm³/mol. The van der Waals surface area contributed by atoms with Crippen molar-refractivity contribution in [2.45, 2.75) is 0 Å². The zero-order chi connectivity index (χ0) is 31.6. The highest BCUT2D eigenvalue weighted by molar-refractivity contribution is 6.13. The summed E-state index contributed by atoms with van der Waals surface area (Å²) in [5, 5.41) is 6.50. The summed E-state index contributed by atoms with van der Waals surface area (Å²) >= 11 is 0. The summed E-state index contributed by atoms with van der Waals surface area (Å²) in [7, 11) is 0. The van der Waals surface area contributed by atoms with Crippen LogP contribution in [0.15, 0.2) is 160 Å². The second-order valence-corrected chi connectivity index (χ2v) is 12.0. The molecule has 7 aromatic carbocycles. The summed E-state index contributed by atoms with van der Waals surface area (Å²) in [6.07, 6.45) is 0. The Bertz CT molecular complexity index is 2840. The van der Waals surface area contributed by atoms with Gasteiger partial charge in [0.05, 0.1) is 0 Å². The maximum atomic E-state index is 6.52. The third-order valence-electron chi connectivity index (χ3n) is 9.14. The quantitative estimate of drug-likeness (QED) is 0.197. The molecular weight excluding hydrogens is 590 g/mol. The second-order valence-electron chi connectivity index (χ2n) is 12.0. The van der Waals surface area contributed by atoms with Gasteiger partial charge in [0.15, 0.2) is 17.5 Å². The van der Waals surface area contributed by atoms with Gasteiger partial charge in [0, 0.05) is 38.2 Å². The largest absolute Gasteiger partial charge is 0.456 e. The van der Waals surface area contributed by atoms with Gasteiger partial charge in [-0.05, 0) is 64.4 Å². The summed E-state index contributed by atoms with van der Waals surface area (Å²) in [6, 6.07) is 51.7. The molecule has 0 amide bonds. The lowest BCUT2D eigenvalue weighted by atomic mass is 9.97. The van der Waals surface area contributed by atoms with Gasteiger partial charge in [0.1, 0.15) is 22.3 Å². The molecule has 3 heterocycles. The van der Waals surface area contributed by atoms with Crippen LogP contribution in [-0.2, 0) is 0 Å². The van der Waals surface area contributed by atoms with Gasteiger partial charge in [-0.15, -0.1) is 0 Å². The molecule has 0 saturated heterocycles. The Balaban J connectivity index is 1.17. The van der Waals surface area contributed by atoms with E-state index in [0.29, 0.717) is 17.5 Å². The topological polar surface area (TPSA) is 65.0 Å². The molecular formula is C43H25N3O2. The molecule has 10 aromatic rings. The Kier molecular flexibility index (Phi) is 5.81. The Morgan fingerprint density at radius 2 is 0.979 bits per heavy atom. The van der Waals surface area contributed by atoms with Gasteiger partial charge < -0.3 is 8.83 Å². The fraction of sp³-hybridized carbons (Fsp3) is 0. The van der Waals surface area contributed by atoms with E-state index in [0.717, 1.165) is 66.1 Å². The third-order valence-corrected chi connectivity index (χ3v) is 9.14. The molecule has 0 aliphatic rings. The molecule has 3 aromatic heterocycles. The van der Waals surface area contributed by atoms with Crippen molar-refractivity contribution in [1.82, 2.24) is 15.0 Å². The molecule has 0 saturated carbocycles. The molecule has 0 unspecified atom stereocenters. The van der Waals surface area contributed by atoms with E-state index in [9.17, 15) is 0 Å². The highest BCUT2D eigenvalue weighted by Crippen LogP contribution is 2.39. The standard InChI is InChI=1S/C43H25N3O2/c1-2-11-27(12-3-1)41-44-42(29-21-23-37-35(24-29)32-15-6-7-18-36(32)47-37)46-43(45-41)34-17-9-19-38-40(34)33-22-20-28(25-39(33)48-38)31-16-8-13-26-10-4-5-14-30(26)31/h1-25H. The second kappa shape index (κ2) is 10.5. The zero-order valence-corrected chi connectivity index (χ0v) is 25.6. The Morgan fingerprint density at radius 1 is 0.333 bits per heavy atom. The van der Waals surface area contributed by atoms with E-state index in [-0.39, 0.29) is 0 Å². The smallest absolute Gasteiger partial charge is 0.164 e.